The van der Waals surface area contributed by atoms with Gasteiger partial charge in [-0.05, 0) is 61.6 Å². The van der Waals surface area contributed by atoms with Gasteiger partial charge in [0.1, 0.15) is 5.66 Å². The van der Waals surface area contributed by atoms with Crippen LogP contribution < -0.4 is 10.0 Å². The molecule has 4 atom stereocenters. The fourth-order valence-corrected chi connectivity index (χ4v) is 8.02. The van der Waals surface area contributed by atoms with Crippen molar-refractivity contribution in [1.29, 1.82) is 0 Å². The molecule has 1 aromatic heterocycles. The maximum absolute atomic E-state index is 11.8. The Morgan fingerprint density at radius 3 is 2.33 bits per heavy atom. The molecule has 2 fully saturated rings. The Morgan fingerprint density at radius 2 is 1.69 bits per heavy atom. The Bertz CT molecular complexity index is 1560. The molecule has 1 radical (unpaired) electrons. The third kappa shape index (κ3) is 11.2. The summed E-state index contributed by atoms with van der Waals surface area (Å²) in [5.41, 5.74) is 5.79. The van der Waals surface area contributed by atoms with E-state index in [9.17, 15) is 17.5 Å². The van der Waals surface area contributed by atoms with Crippen molar-refractivity contribution >= 4 is 39.1 Å². The fraction of sp³-hybridized carbons (Fsp3) is 0.486. The molecule has 4 heterocycles. The number of aromatic amines is 1. The molecule has 2 aromatic carbocycles. The van der Waals surface area contributed by atoms with Crippen LogP contribution in [0.2, 0.25) is 0 Å². The van der Waals surface area contributed by atoms with Crippen molar-refractivity contribution in [2.75, 3.05) is 38.5 Å². The van der Waals surface area contributed by atoms with Crippen molar-refractivity contribution in [2.24, 2.45) is 0 Å². The summed E-state index contributed by atoms with van der Waals surface area (Å²) in [6.07, 6.45) is 9.30. The molecule has 3 aliphatic rings. The molecule has 2 saturated heterocycles. The van der Waals surface area contributed by atoms with Gasteiger partial charge in [0.15, 0.2) is 0 Å². The smallest absolute Gasteiger partial charge is 0.128 e. The van der Waals surface area contributed by atoms with Gasteiger partial charge in [0.05, 0.1) is 5.41 Å². The Kier molecular flexibility index (Phi) is 26.0. The van der Waals surface area contributed by atoms with Gasteiger partial charge in [-0.15, -0.1) is 12.3 Å². The SMILES string of the molecule is C.C#CCCCc1[nH]c2ccccc2c1CCNS(=O)[O-].C=C1CN(C)C[C@]23Nc4ccccc4[C@]12CCN3S(=O)[O-].CC.CC.[Ar].[Ar].[Au].[HH]. The van der Waals surface area contributed by atoms with Crippen molar-refractivity contribution in [1.82, 2.24) is 18.9 Å². The van der Waals surface area contributed by atoms with Crippen LogP contribution >= 0.6 is 0 Å². The number of rotatable bonds is 8. The van der Waals surface area contributed by atoms with E-state index in [1.165, 1.54) is 11.1 Å². The molecular weight excluding hydrogens is 895 g/mol. The second kappa shape index (κ2) is 24.7. The summed E-state index contributed by atoms with van der Waals surface area (Å²) < 4.78 is 48.7. The van der Waals surface area contributed by atoms with Crippen LogP contribution in [0.4, 0.5) is 5.69 Å². The second-order valence-corrected chi connectivity index (χ2v) is 12.5. The minimum Gasteiger partial charge on any atom is -0.760 e. The molecule has 49 heavy (non-hydrogen) atoms. The Hall–Kier alpha value is 0.440. The first kappa shape index (κ1) is 51.5. The number of aryl methyl sites for hydroxylation is 1. The first-order chi connectivity index (χ1) is 21.7. The van der Waals surface area contributed by atoms with E-state index in [1.54, 1.807) is 4.31 Å². The number of likely N-dealkylation sites (tertiary alicyclic amines) is 1. The molecule has 0 amide bonds. The van der Waals surface area contributed by atoms with Crippen LogP contribution in [0.5, 0.6) is 0 Å². The van der Waals surface area contributed by atoms with Crippen molar-refractivity contribution in [2.45, 2.75) is 78.3 Å². The van der Waals surface area contributed by atoms with Gasteiger partial charge in [-0.1, -0.05) is 78.1 Å². The van der Waals surface area contributed by atoms with E-state index in [2.05, 4.69) is 44.6 Å². The van der Waals surface area contributed by atoms with Crippen LogP contribution in [0.15, 0.2) is 60.7 Å². The number of aromatic nitrogens is 1. The quantitative estimate of drug-likeness (QED) is 0.0834. The van der Waals surface area contributed by atoms with Crippen molar-refractivity contribution in [3.05, 3.63) is 77.5 Å². The van der Waals surface area contributed by atoms with Crippen LogP contribution in [-0.2, 0) is 63.2 Å². The zero-order chi connectivity index (χ0) is 33.2. The van der Waals surface area contributed by atoms with Crippen molar-refractivity contribution in [3.8, 4) is 12.3 Å². The molecule has 2 unspecified atom stereocenters. The number of anilines is 1. The molecule has 283 valence electrons. The summed E-state index contributed by atoms with van der Waals surface area (Å²) in [5.74, 6) is 2.64. The van der Waals surface area contributed by atoms with E-state index >= 15 is 0 Å². The van der Waals surface area contributed by atoms with E-state index in [0.717, 1.165) is 60.1 Å². The van der Waals surface area contributed by atoms with Gasteiger partial charge in [-0.25, -0.2) is 9.03 Å². The molecule has 9 nitrogen and oxygen atoms in total. The predicted molar refractivity (Wildman–Crippen MR) is 194 cm³/mol. The number of benzene rings is 2. The average molecular weight is 949 g/mol. The fourth-order valence-electron chi connectivity index (χ4n) is 7.00. The molecule has 0 saturated carbocycles. The molecular formula is C35H53Ar2AuN5O4S2-2. The number of likely N-dealkylation sites (N-methyl/N-ethyl adjacent to an activating group) is 1. The zero-order valence-electron chi connectivity index (χ0n) is 28.1. The van der Waals surface area contributed by atoms with Gasteiger partial charge in [0.25, 0.3) is 0 Å². The maximum Gasteiger partial charge on any atom is 0.128 e. The van der Waals surface area contributed by atoms with Crippen LogP contribution in [0.1, 0.15) is 72.6 Å². The Morgan fingerprint density at radius 1 is 1.06 bits per heavy atom. The molecule has 14 heteroatoms. The molecule has 6 rings (SSSR count). The largest absolute Gasteiger partial charge is 0.760 e. The van der Waals surface area contributed by atoms with Gasteiger partial charge in [0.2, 0.25) is 0 Å². The van der Waals surface area contributed by atoms with Gasteiger partial charge in [-0.2, -0.15) is 0 Å². The first-order valence-corrected chi connectivity index (χ1v) is 17.8. The minimum absolute atomic E-state index is 0. The number of hydrogen-bond acceptors (Lipinski definition) is 6. The number of nitrogens with one attached hydrogen (secondary N) is 3. The monoisotopic (exact) mass is 948 g/mol. The summed E-state index contributed by atoms with van der Waals surface area (Å²) in [5, 5.41) is 4.68. The standard InChI is InChI=1S/C15H19N3O2S.C15H18N2O2S.2C2H6.CH4.2Ar.Au.H2/c1-11-9-17(2)10-15-14(11,7-8-18(15)21(19)20)12-5-3-4-6-13(12)16-15;1-2-3-4-8-15-13(10-11-16-20(18)19)12-7-5-6-9-14(12)17-15;2*1-2;;;;;/h3-6,16H,1,7-10H2,2H3,(H,19,20);1,5-7,9,16-17H,3-4,8,10-11H2,(H,18,19);2*1-2H3;1H4;;;;1H/p-2/t14-,15+;;;;;;;;/m0......../s1. The first-order valence-electron chi connectivity index (χ1n) is 15.7. The van der Waals surface area contributed by atoms with Crippen LogP contribution in [-0.4, -0.2) is 70.6 Å². The third-order valence-electron chi connectivity index (χ3n) is 8.54. The van der Waals surface area contributed by atoms with Crippen LogP contribution in [0.3, 0.4) is 0 Å². The molecule has 0 spiro atoms. The molecule has 3 aliphatic heterocycles. The van der Waals surface area contributed by atoms with E-state index in [-0.39, 0.29) is 112 Å². The summed E-state index contributed by atoms with van der Waals surface area (Å²) in [6, 6.07) is 16.2. The Labute approximate surface area is 376 Å². The van der Waals surface area contributed by atoms with E-state index in [0.29, 0.717) is 26.1 Å². The number of H-pyrrole nitrogens is 1. The summed E-state index contributed by atoms with van der Waals surface area (Å²) >= 11 is -4.46. The van der Waals surface area contributed by atoms with Crippen molar-refractivity contribution in [3.63, 3.8) is 0 Å². The van der Waals surface area contributed by atoms with Gasteiger partial charge >= 0.3 is 0 Å². The normalized spacial score (nSPS) is 21.1. The number of piperidine rings is 1. The number of terminal acetylenes is 1. The molecule has 3 aromatic rings. The zero-order valence-corrected chi connectivity index (χ0v) is 33.3. The van der Waals surface area contributed by atoms with E-state index in [4.69, 9.17) is 6.42 Å². The maximum atomic E-state index is 11.8. The van der Waals surface area contributed by atoms with Gasteiger partial charge in [-0.3, -0.25) is 13.3 Å². The number of unbranched alkanes of at least 4 members (excludes halogenated alkanes) is 1. The van der Waals surface area contributed by atoms with E-state index < -0.39 is 28.2 Å². The minimum atomic E-state index is -2.25. The number of fused-ring (bicyclic) bond motifs is 2. The topological polar surface area (TPSA) is 127 Å². The summed E-state index contributed by atoms with van der Waals surface area (Å²) in [7, 11) is 2.01. The molecule has 3 N–H and O–H groups in total. The number of hydrogen-bond donors (Lipinski definition) is 3. The molecule has 0 aliphatic carbocycles. The van der Waals surface area contributed by atoms with Gasteiger partial charge < -0.3 is 19.4 Å². The third-order valence-corrected chi connectivity index (χ3v) is 9.83. The summed E-state index contributed by atoms with van der Waals surface area (Å²) in [6.45, 7) is 14.7. The number of para-hydroxylation sites is 2. The Balaban J connectivity index is -0.000000738. The summed E-state index contributed by atoms with van der Waals surface area (Å²) in [4.78, 5) is 5.55. The second-order valence-electron chi connectivity index (χ2n) is 10.8. The van der Waals surface area contributed by atoms with Crippen LogP contribution in [0, 0.1) is 87.8 Å². The molecule has 0 bridgehead atoms. The van der Waals surface area contributed by atoms with Crippen molar-refractivity contribution < 1.29 is 117 Å². The predicted octanol–water partition coefficient (Wildman–Crippen LogP) is 6.03. The van der Waals surface area contributed by atoms with Crippen LogP contribution in [0.25, 0.3) is 10.9 Å². The average Bonchev–Trinajstić information content (AvgIpc) is 3.65. The van der Waals surface area contributed by atoms with E-state index in [1.807, 2.05) is 71.1 Å². The number of nitrogens with zero attached hydrogens (tertiary/aromatic N) is 2. The van der Waals surface area contributed by atoms with Gasteiger partial charge in [0, 0.05) is 177 Å².